The molecule has 0 aliphatic rings. The Morgan fingerprint density at radius 2 is 1.86 bits per heavy atom. The zero-order valence-corrected chi connectivity index (χ0v) is 12.0. The van der Waals surface area contributed by atoms with Crippen molar-refractivity contribution < 1.29 is 9.47 Å². The minimum Gasteiger partial charge on any atom is -0.493 e. The molecule has 0 unspecified atom stereocenters. The summed E-state index contributed by atoms with van der Waals surface area (Å²) in [6.45, 7) is 0.594. The first-order valence-corrected chi connectivity index (χ1v) is 6.42. The fourth-order valence-corrected chi connectivity index (χ4v) is 1.98. The Morgan fingerprint density at radius 3 is 2.48 bits per heavy atom. The molecule has 0 atom stereocenters. The molecule has 2 aromatic rings. The first-order valence-electron chi connectivity index (χ1n) is 6.42. The van der Waals surface area contributed by atoms with E-state index in [0.29, 0.717) is 29.3 Å². The van der Waals surface area contributed by atoms with E-state index in [0.717, 1.165) is 11.3 Å². The Bertz CT molecular complexity index is 678. The van der Waals surface area contributed by atoms with Gasteiger partial charge >= 0.3 is 0 Å². The third-order valence-corrected chi connectivity index (χ3v) is 3.11. The second-order valence-electron chi connectivity index (χ2n) is 4.46. The molecule has 0 radical (unpaired) electrons. The number of ether oxygens (including phenoxy) is 2. The summed E-state index contributed by atoms with van der Waals surface area (Å²) in [4.78, 5) is 0. The van der Waals surface area contributed by atoms with Gasteiger partial charge in [-0.1, -0.05) is 6.07 Å². The molecule has 5 heteroatoms. The number of anilines is 2. The Balaban J connectivity index is 2.11. The minimum absolute atomic E-state index is 0.546. The van der Waals surface area contributed by atoms with Crippen LogP contribution in [0.15, 0.2) is 36.4 Å². The Hall–Kier alpha value is -2.87. The summed E-state index contributed by atoms with van der Waals surface area (Å²) in [6.07, 6.45) is 0. The third-order valence-electron chi connectivity index (χ3n) is 3.11. The molecule has 5 nitrogen and oxygen atoms in total. The molecule has 108 valence electrons. The lowest BCUT2D eigenvalue weighted by molar-refractivity contribution is 0.354. The largest absolute Gasteiger partial charge is 0.493 e. The quantitative estimate of drug-likeness (QED) is 0.825. The molecule has 2 rings (SSSR count). The minimum atomic E-state index is 0.546. The van der Waals surface area contributed by atoms with Crippen molar-refractivity contribution in [2.24, 2.45) is 0 Å². The molecule has 3 N–H and O–H groups in total. The van der Waals surface area contributed by atoms with E-state index < -0.39 is 0 Å². The summed E-state index contributed by atoms with van der Waals surface area (Å²) in [5.41, 5.74) is 8.83. The van der Waals surface area contributed by atoms with Crippen molar-refractivity contribution in [3.63, 3.8) is 0 Å². The molecule has 0 saturated carbocycles. The highest BCUT2D eigenvalue weighted by Crippen LogP contribution is 2.28. The summed E-state index contributed by atoms with van der Waals surface area (Å²) in [5, 5.41) is 12.1. The number of rotatable bonds is 5. The Morgan fingerprint density at radius 1 is 1.10 bits per heavy atom. The van der Waals surface area contributed by atoms with Gasteiger partial charge in [0.15, 0.2) is 11.5 Å². The molecule has 21 heavy (non-hydrogen) atoms. The smallest absolute Gasteiger partial charge is 0.161 e. The standard InChI is InChI=1S/C16H17N3O2/c1-20-15-6-4-12(8-16(15)21-2)10-19-14-5-3-11(9-17)7-13(14)18/h3-8,19H,10,18H2,1-2H3. The number of nitrogens with zero attached hydrogens (tertiary/aromatic N) is 1. The van der Waals surface area contributed by atoms with Gasteiger partial charge in [0.2, 0.25) is 0 Å². The second kappa shape index (κ2) is 6.53. The molecule has 0 aromatic heterocycles. The van der Waals surface area contributed by atoms with Crippen LogP contribution < -0.4 is 20.5 Å². The Labute approximate surface area is 123 Å². The first-order chi connectivity index (χ1) is 10.2. The van der Waals surface area contributed by atoms with Crippen LogP contribution in [0, 0.1) is 11.3 Å². The van der Waals surface area contributed by atoms with Crippen LogP contribution in [0.25, 0.3) is 0 Å². The second-order valence-corrected chi connectivity index (χ2v) is 4.46. The van der Waals surface area contributed by atoms with Crippen molar-refractivity contribution in [1.29, 1.82) is 5.26 Å². The van der Waals surface area contributed by atoms with Crippen LogP contribution in [0.5, 0.6) is 11.5 Å². The first kappa shape index (κ1) is 14.5. The molecular weight excluding hydrogens is 266 g/mol. The summed E-state index contributed by atoms with van der Waals surface area (Å²) < 4.78 is 10.5. The summed E-state index contributed by atoms with van der Waals surface area (Å²) in [7, 11) is 3.21. The third kappa shape index (κ3) is 3.37. The SMILES string of the molecule is COc1ccc(CNc2ccc(C#N)cc2N)cc1OC. The monoisotopic (exact) mass is 283 g/mol. The molecule has 0 bridgehead atoms. The summed E-state index contributed by atoms with van der Waals surface area (Å²) in [6, 6.07) is 13.0. The highest BCUT2D eigenvalue weighted by atomic mass is 16.5. The van der Waals surface area contributed by atoms with Crippen LogP contribution >= 0.6 is 0 Å². The summed E-state index contributed by atoms with van der Waals surface area (Å²) >= 11 is 0. The normalized spacial score (nSPS) is 9.76. The lowest BCUT2D eigenvalue weighted by atomic mass is 10.1. The number of nitrogens with two attached hydrogens (primary N) is 1. The molecule has 0 heterocycles. The number of hydrogen-bond donors (Lipinski definition) is 2. The van der Waals surface area contributed by atoms with Gasteiger partial charge in [0.05, 0.1) is 37.2 Å². The zero-order chi connectivity index (χ0) is 15.2. The fraction of sp³-hybridized carbons (Fsp3) is 0.188. The molecular formula is C16H17N3O2. The van der Waals surface area contributed by atoms with Crippen LogP contribution in [0.1, 0.15) is 11.1 Å². The van der Waals surface area contributed by atoms with Gasteiger partial charge in [-0.25, -0.2) is 0 Å². The molecule has 0 fully saturated rings. The van der Waals surface area contributed by atoms with E-state index in [4.69, 9.17) is 20.5 Å². The summed E-state index contributed by atoms with van der Waals surface area (Å²) in [5.74, 6) is 1.38. The van der Waals surface area contributed by atoms with E-state index in [9.17, 15) is 0 Å². The average molecular weight is 283 g/mol. The zero-order valence-electron chi connectivity index (χ0n) is 12.0. The number of nitrogen functional groups attached to an aromatic ring is 1. The highest BCUT2D eigenvalue weighted by Gasteiger charge is 2.05. The average Bonchev–Trinajstić information content (AvgIpc) is 2.53. The van der Waals surface area contributed by atoms with Gasteiger partial charge in [-0.2, -0.15) is 5.26 Å². The van der Waals surface area contributed by atoms with Crippen LogP contribution in [-0.4, -0.2) is 14.2 Å². The van der Waals surface area contributed by atoms with Crippen LogP contribution in [-0.2, 0) is 6.54 Å². The van der Waals surface area contributed by atoms with Crippen molar-refractivity contribution in [2.75, 3.05) is 25.3 Å². The van der Waals surface area contributed by atoms with Crippen LogP contribution in [0.4, 0.5) is 11.4 Å². The number of nitrogens with one attached hydrogen (secondary N) is 1. The molecule has 0 amide bonds. The van der Waals surface area contributed by atoms with Gasteiger partial charge in [-0.3, -0.25) is 0 Å². The van der Waals surface area contributed by atoms with E-state index in [1.54, 1.807) is 32.4 Å². The van der Waals surface area contributed by atoms with E-state index >= 15 is 0 Å². The van der Waals surface area contributed by atoms with E-state index in [2.05, 4.69) is 11.4 Å². The maximum absolute atomic E-state index is 8.82. The topological polar surface area (TPSA) is 80.3 Å². The van der Waals surface area contributed by atoms with E-state index in [1.807, 2.05) is 18.2 Å². The maximum atomic E-state index is 8.82. The lowest BCUT2D eigenvalue weighted by Gasteiger charge is -2.12. The van der Waals surface area contributed by atoms with Crippen molar-refractivity contribution in [1.82, 2.24) is 0 Å². The van der Waals surface area contributed by atoms with Crippen molar-refractivity contribution in [3.8, 4) is 17.6 Å². The number of nitriles is 1. The molecule has 0 aliphatic heterocycles. The molecule has 0 spiro atoms. The molecule has 0 aliphatic carbocycles. The lowest BCUT2D eigenvalue weighted by Crippen LogP contribution is -2.03. The fourth-order valence-electron chi connectivity index (χ4n) is 1.98. The highest BCUT2D eigenvalue weighted by molar-refractivity contribution is 5.68. The number of methoxy groups -OCH3 is 2. The van der Waals surface area contributed by atoms with Gasteiger partial charge < -0.3 is 20.5 Å². The van der Waals surface area contributed by atoms with Gasteiger partial charge in [-0.05, 0) is 35.9 Å². The molecule has 0 saturated heterocycles. The van der Waals surface area contributed by atoms with Gasteiger partial charge in [-0.15, -0.1) is 0 Å². The predicted octanol–water partition coefficient (Wildman–Crippen LogP) is 2.77. The van der Waals surface area contributed by atoms with Gasteiger partial charge in [0, 0.05) is 6.54 Å². The predicted molar refractivity (Wildman–Crippen MR) is 82.4 cm³/mol. The van der Waals surface area contributed by atoms with Gasteiger partial charge in [0.1, 0.15) is 0 Å². The molecule has 2 aromatic carbocycles. The number of hydrogen-bond acceptors (Lipinski definition) is 5. The van der Waals surface area contributed by atoms with E-state index in [-0.39, 0.29) is 0 Å². The van der Waals surface area contributed by atoms with Crippen molar-refractivity contribution in [2.45, 2.75) is 6.54 Å². The van der Waals surface area contributed by atoms with Gasteiger partial charge in [0.25, 0.3) is 0 Å². The van der Waals surface area contributed by atoms with Crippen molar-refractivity contribution in [3.05, 3.63) is 47.5 Å². The Kier molecular flexibility index (Phi) is 4.52. The van der Waals surface area contributed by atoms with E-state index in [1.165, 1.54) is 0 Å². The van der Waals surface area contributed by atoms with Crippen molar-refractivity contribution >= 4 is 11.4 Å². The number of benzene rings is 2. The van der Waals surface area contributed by atoms with Crippen LogP contribution in [0.2, 0.25) is 0 Å². The van der Waals surface area contributed by atoms with Crippen LogP contribution in [0.3, 0.4) is 0 Å². The maximum Gasteiger partial charge on any atom is 0.161 e.